The average Bonchev–Trinajstić information content (AvgIpc) is 3.06. The fourth-order valence-corrected chi connectivity index (χ4v) is 8.40. The summed E-state index contributed by atoms with van der Waals surface area (Å²) >= 11 is 0. The van der Waals surface area contributed by atoms with Crippen molar-refractivity contribution in [2.75, 3.05) is 0 Å². The predicted octanol–water partition coefficient (Wildman–Crippen LogP) is 7.01. The molecule has 0 amide bonds. The van der Waals surface area contributed by atoms with E-state index in [-0.39, 0.29) is 35.1 Å². The molecule has 0 aromatic carbocycles. The van der Waals surface area contributed by atoms with Crippen LogP contribution in [0.3, 0.4) is 0 Å². The van der Waals surface area contributed by atoms with Crippen molar-refractivity contribution >= 4 is 11.6 Å². The monoisotopic (exact) mass is 444 g/mol. The first kappa shape index (κ1) is 24.4. The highest BCUT2D eigenvalue weighted by atomic mass is 16.5. The Morgan fingerprint density at radius 1 is 1.00 bits per heavy atom. The maximum absolute atomic E-state index is 13.9. The van der Waals surface area contributed by atoms with Crippen molar-refractivity contribution in [3.05, 3.63) is 0 Å². The van der Waals surface area contributed by atoms with Crippen LogP contribution in [0.2, 0.25) is 0 Å². The van der Waals surface area contributed by atoms with Crippen molar-refractivity contribution in [1.29, 1.82) is 0 Å². The number of carbonyl (C=O) groups excluding carboxylic acids is 2. The van der Waals surface area contributed by atoms with E-state index in [0.29, 0.717) is 36.0 Å². The third kappa shape index (κ3) is 4.14. The molecule has 3 aliphatic carbocycles. The molecule has 0 aromatic heterocycles. The summed E-state index contributed by atoms with van der Waals surface area (Å²) in [4.78, 5) is 26.2. The molecule has 1 aliphatic heterocycles. The summed E-state index contributed by atoms with van der Waals surface area (Å²) in [6, 6.07) is 0. The lowest BCUT2D eigenvalue weighted by molar-refractivity contribution is -0.199. The van der Waals surface area contributed by atoms with Crippen LogP contribution in [0.25, 0.3) is 0 Å². The molecule has 32 heavy (non-hydrogen) atoms. The number of fused-ring (bicyclic) bond motifs is 2. The molecule has 9 atom stereocenters. The van der Waals surface area contributed by atoms with Gasteiger partial charge in [0.05, 0.1) is 6.10 Å². The number of ketones is 2. The Hall–Kier alpha value is -0.700. The minimum atomic E-state index is -0.298. The third-order valence-electron chi connectivity index (χ3n) is 10.9. The molecule has 182 valence electrons. The van der Waals surface area contributed by atoms with Gasteiger partial charge in [0.2, 0.25) is 0 Å². The molecular weight excluding hydrogens is 396 g/mol. The maximum atomic E-state index is 13.9. The molecule has 3 nitrogen and oxygen atoms in total. The summed E-state index contributed by atoms with van der Waals surface area (Å²) in [6.45, 7) is 13.9. The number of unbranched alkanes of at least 4 members (excludes halogenated alkanes) is 1. The van der Waals surface area contributed by atoms with Gasteiger partial charge in [-0.15, -0.1) is 0 Å². The summed E-state index contributed by atoms with van der Waals surface area (Å²) in [5.74, 6) is 3.45. The van der Waals surface area contributed by atoms with Crippen LogP contribution in [0, 0.1) is 46.3 Å². The molecule has 1 heterocycles. The summed E-state index contributed by atoms with van der Waals surface area (Å²) in [6.07, 6.45) is 12.1. The number of rotatable bonds is 6. The second-order valence-corrected chi connectivity index (χ2v) is 13.1. The number of hydrogen-bond acceptors (Lipinski definition) is 3. The first-order chi connectivity index (χ1) is 15.1. The van der Waals surface area contributed by atoms with Crippen molar-refractivity contribution < 1.29 is 14.3 Å². The van der Waals surface area contributed by atoms with Gasteiger partial charge in [-0.3, -0.25) is 9.59 Å². The maximum Gasteiger partial charge on any atom is 0.166 e. The Labute approximate surface area is 196 Å². The van der Waals surface area contributed by atoms with Crippen molar-refractivity contribution in [2.24, 2.45) is 46.3 Å². The van der Waals surface area contributed by atoms with E-state index in [1.165, 1.54) is 51.4 Å². The minimum Gasteiger partial charge on any atom is -0.367 e. The lowest BCUT2D eigenvalue weighted by Gasteiger charge is -2.55. The van der Waals surface area contributed by atoms with Gasteiger partial charge in [-0.25, -0.2) is 0 Å². The highest BCUT2D eigenvalue weighted by molar-refractivity contribution is 5.93. The van der Waals surface area contributed by atoms with Gasteiger partial charge in [0.15, 0.2) is 5.78 Å². The average molecular weight is 445 g/mol. The summed E-state index contributed by atoms with van der Waals surface area (Å²) in [7, 11) is 0. The van der Waals surface area contributed by atoms with Crippen LogP contribution < -0.4 is 0 Å². The lowest BCUT2D eigenvalue weighted by atomic mass is 9.53. The Bertz CT molecular complexity index is 713. The molecule has 3 saturated carbocycles. The van der Waals surface area contributed by atoms with Crippen LogP contribution in [0.1, 0.15) is 112 Å². The quantitative estimate of drug-likeness (QED) is 0.414. The molecule has 8 unspecified atom stereocenters. The Morgan fingerprint density at radius 3 is 2.47 bits per heavy atom. The zero-order valence-corrected chi connectivity index (χ0v) is 21.6. The molecule has 4 rings (SSSR count). The van der Waals surface area contributed by atoms with E-state index in [0.717, 1.165) is 18.3 Å². The third-order valence-corrected chi connectivity index (χ3v) is 10.9. The molecule has 0 N–H and O–H groups in total. The highest BCUT2D eigenvalue weighted by Crippen LogP contribution is 2.62. The second-order valence-electron chi connectivity index (χ2n) is 13.1. The molecule has 1 saturated heterocycles. The summed E-state index contributed by atoms with van der Waals surface area (Å²) < 4.78 is 6.67. The van der Waals surface area contributed by atoms with Crippen molar-refractivity contribution in [2.45, 2.75) is 124 Å². The van der Waals surface area contributed by atoms with Crippen molar-refractivity contribution in [3.8, 4) is 0 Å². The van der Waals surface area contributed by atoms with Crippen LogP contribution in [-0.4, -0.2) is 23.8 Å². The van der Waals surface area contributed by atoms with E-state index in [4.69, 9.17) is 4.74 Å². The van der Waals surface area contributed by atoms with E-state index >= 15 is 0 Å². The van der Waals surface area contributed by atoms with Crippen LogP contribution in [0.4, 0.5) is 0 Å². The minimum absolute atomic E-state index is 0.0527. The summed E-state index contributed by atoms with van der Waals surface area (Å²) in [5, 5.41) is 0. The number of ether oxygens (including phenoxy) is 1. The smallest absolute Gasteiger partial charge is 0.166 e. The zero-order chi connectivity index (χ0) is 23.3. The fraction of sp³-hybridized carbons (Fsp3) is 0.931. The SMILES string of the molecule is CC(C)CCCCC1CCC2C(C3O[C@H](C)C4(C)CCC(=O)CC4C3=O)C(C)CCC12C. The fourth-order valence-electron chi connectivity index (χ4n) is 8.40. The molecule has 0 bridgehead atoms. The highest BCUT2D eigenvalue weighted by Gasteiger charge is 2.60. The van der Waals surface area contributed by atoms with Gasteiger partial charge in [-0.05, 0) is 80.5 Å². The molecular formula is C29H48O3. The van der Waals surface area contributed by atoms with Gasteiger partial charge in [-0.2, -0.15) is 0 Å². The number of Topliss-reactive ketones (excluding diaryl/α,β-unsaturated/α-hetero) is 2. The van der Waals surface area contributed by atoms with Gasteiger partial charge in [0.25, 0.3) is 0 Å². The van der Waals surface area contributed by atoms with Gasteiger partial charge < -0.3 is 4.74 Å². The van der Waals surface area contributed by atoms with E-state index in [9.17, 15) is 9.59 Å². The largest absolute Gasteiger partial charge is 0.367 e. The zero-order valence-electron chi connectivity index (χ0n) is 21.6. The molecule has 0 aromatic rings. The van der Waals surface area contributed by atoms with E-state index < -0.39 is 0 Å². The van der Waals surface area contributed by atoms with E-state index in [2.05, 4.69) is 41.5 Å². The second kappa shape index (κ2) is 9.16. The number of hydrogen-bond donors (Lipinski definition) is 0. The van der Waals surface area contributed by atoms with Crippen molar-refractivity contribution in [3.63, 3.8) is 0 Å². The van der Waals surface area contributed by atoms with E-state index in [1.54, 1.807) is 0 Å². The molecule has 4 fully saturated rings. The van der Waals surface area contributed by atoms with Gasteiger partial charge >= 0.3 is 0 Å². The molecule has 3 heteroatoms. The standard InChI is InChI=1S/C29H48O3/c1-18(2)9-7-8-10-21-11-12-23-25(19(3)13-15-29(21,23)6)27-26(31)24-17-22(30)14-16-28(24,5)20(4)32-27/h18-21,23-25,27H,7-17H2,1-6H3/t19?,20-,21?,23?,24?,25?,27?,28?,29?/m1/s1. The molecule has 0 spiro atoms. The topological polar surface area (TPSA) is 43.4 Å². The molecule has 4 aliphatic rings. The lowest BCUT2D eigenvalue weighted by Crippen LogP contribution is -2.60. The normalized spacial score (nSPS) is 46.9. The first-order valence-electron chi connectivity index (χ1n) is 13.8. The number of carbonyl (C=O) groups is 2. The Balaban J connectivity index is 1.52. The summed E-state index contributed by atoms with van der Waals surface area (Å²) in [5.41, 5.74) is 0.183. The van der Waals surface area contributed by atoms with Crippen LogP contribution in [0.5, 0.6) is 0 Å². The van der Waals surface area contributed by atoms with Crippen LogP contribution in [-0.2, 0) is 14.3 Å². The van der Waals surface area contributed by atoms with Crippen molar-refractivity contribution in [1.82, 2.24) is 0 Å². The first-order valence-corrected chi connectivity index (χ1v) is 13.8. The van der Waals surface area contributed by atoms with Gasteiger partial charge in [0.1, 0.15) is 11.9 Å². The van der Waals surface area contributed by atoms with Crippen LogP contribution >= 0.6 is 0 Å². The predicted molar refractivity (Wildman–Crippen MR) is 129 cm³/mol. The Kier molecular flexibility index (Phi) is 6.99. The van der Waals surface area contributed by atoms with Crippen LogP contribution in [0.15, 0.2) is 0 Å². The van der Waals surface area contributed by atoms with E-state index in [1.807, 2.05) is 0 Å². The molecule has 0 radical (unpaired) electrons. The van der Waals surface area contributed by atoms with Gasteiger partial charge in [-0.1, -0.05) is 53.9 Å². The van der Waals surface area contributed by atoms with Gasteiger partial charge in [0, 0.05) is 24.2 Å². The Morgan fingerprint density at radius 2 is 1.75 bits per heavy atom.